The molecule has 0 spiro atoms. The highest BCUT2D eigenvalue weighted by atomic mass is 79.9. The van der Waals surface area contributed by atoms with Crippen molar-refractivity contribution in [3.63, 3.8) is 0 Å². The molecular formula is C11H4Br8. The molecule has 0 saturated heterocycles. The maximum absolute atomic E-state index is 3.89. The molecule has 0 amide bonds. The van der Waals surface area contributed by atoms with E-state index in [4.69, 9.17) is 0 Å². The van der Waals surface area contributed by atoms with Crippen molar-refractivity contribution in [1.29, 1.82) is 0 Å². The third kappa shape index (κ3) is 2.74. The summed E-state index contributed by atoms with van der Waals surface area (Å²) in [6, 6.07) is 0. The van der Waals surface area contributed by atoms with E-state index in [0.717, 1.165) is 22.4 Å². The minimum atomic E-state index is -0.452. The number of rotatable bonds is 1. The summed E-state index contributed by atoms with van der Waals surface area (Å²) in [6.07, 6.45) is 6.27. The van der Waals surface area contributed by atoms with Gasteiger partial charge in [-0.1, -0.05) is 114 Å². The van der Waals surface area contributed by atoms with Crippen LogP contribution >= 0.6 is 127 Å². The molecule has 0 aromatic heterocycles. The Morgan fingerprint density at radius 2 is 1.37 bits per heavy atom. The third-order valence-corrected chi connectivity index (χ3v) is 14.6. The lowest BCUT2D eigenvalue weighted by atomic mass is 9.87. The fourth-order valence-corrected chi connectivity index (χ4v) is 9.42. The van der Waals surface area contributed by atoms with Gasteiger partial charge in [0.15, 0.2) is 0 Å². The molecule has 19 heavy (non-hydrogen) atoms. The second-order valence-corrected chi connectivity index (χ2v) is 11.5. The molecule has 2 rings (SSSR count). The molecule has 0 nitrogen and oxygen atoms in total. The molecule has 0 heterocycles. The van der Waals surface area contributed by atoms with Crippen LogP contribution in [0, 0.1) is 0 Å². The van der Waals surface area contributed by atoms with E-state index in [0.29, 0.717) is 0 Å². The van der Waals surface area contributed by atoms with Crippen LogP contribution in [0.2, 0.25) is 0 Å². The Bertz CT molecular complexity index is 531. The summed E-state index contributed by atoms with van der Waals surface area (Å²) >= 11 is 29.6. The van der Waals surface area contributed by atoms with Gasteiger partial charge >= 0.3 is 0 Å². The van der Waals surface area contributed by atoms with E-state index >= 15 is 0 Å². The molecule has 2 unspecified atom stereocenters. The molecule has 0 aromatic rings. The Morgan fingerprint density at radius 3 is 1.79 bits per heavy atom. The smallest absolute Gasteiger partial charge is 0.0825 e. The highest BCUT2D eigenvalue weighted by molar-refractivity contribution is 9.19. The van der Waals surface area contributed by atoms with Gasteiger partial charge < -0.3 is 0 Å². The standard InChI is InChI=1S/C11H4Br8/c12-4-1-2-10(18,5(13)3-4)11(19)8(16)6(14)7(15)9(11)17/h1-3,5H. The van der Waals surface area contributed by atoms with Crippen molar-refractivity contribution >= 4 is 127 Å². The summed E-state index contributed by atoms with van der Waals surface area (Å²) in [4.78, 5) is 0.0950. The Kier molecular flexibility index (Phi) is 6.08. The highest BCUT2D eigenvalue weighted by Crippen LogP contribution is 2.64. The summed E-state index contributed by atoms with van der Waals surface area (Å²) in [5, 5.41) is 0. The lowest BCUT2D eigenvalue weighted by molar-refractivity contribution is 0.690. The van der Waals surface area contributed by atoms with Crippen molar-refractivity contribution in [3.05, 3.63) is 40.6 Å². The maximum Gasteiger partial charge on any atom is 0.111 e. The van der Waals surface area contributed by atoms with Crippen LogP contribution in [0.5, 0.6) is 0 Å². The van der Waals surface area contributed by atoms with Crippen molar-refractivity contribution in [2.75, 3.05) is 0 Å². The fourth-order valence-electron chi connectivity index (χ4n) is 1.84. The number of hydrogen-bond acceptors (Lipinski definition) is 0. The Morgan fingerprint density at radius 1 is 0.895 bits per heavy atom. The predicted octanol–water partition coefficient (Wildman–Crippen LogP) is 7.88. The maximum atomic E-state index is 3.89. The van der Waals surface area contributed by atoms with E-state index in [1.165, 1.54) is 0 Å². The second kappa shape index (κ2) is 6.36. The Balaban J connectivity index is 2.63. The predicted molar refractivity (Wildman–Crippen MR) is 112 cm³/mol. The second-order valence-electron chi connectivity index (χ2n) is 3.97. The summed E-state index contributed by atoms with van der Waals surface area (Å²) in [6.45, 7) is 0. The van der Waals surface area contributed by atoms with E-state index in [9.17, 15) is 0 Å². The zero-order chi connectivity index (χ0) is 14.6. The molecule has 2 aliphatic rings. The molecule has 0 aliphatic heterocycles. The third-order valence-electron chi connectivity index (χ3n) is 2.90. The minimum absolute atomic E-state index is 0.0950. The van der Waals surface area contributed by atoms with E-state index in [2.05, 4.69) is 140 Å². The van der Waals surface area contributed by atoms with E-state index < -0.39 is 4.32 Å². The topological polar surface area (TPSA) is 0 Å². The zero-order valence-corrected chi connectivity index (χ0v) is 21.5. The first kappa shape index (κ1) is 18.1. The highest BCUT2D eigenvalue weighted by Gasteiger charge is 2.58. The monoisotopic (exact) mass is 767 g/mol. The summed E-state index contributed by atoms with van der Waals surface area (Å²) in [5.74, 6) is 0. The van der Waals surface area contributed by atoms with E-state index in [1.54, 1.807) is 0 Å². The van der Waals surface area contributed by atoms with Crippen molar-refractivity contribution in [3.8, 4) is 0 Å². The van der Waals surface area contributed by atoms with Crippen molar-refractivity contribution < 1.29 is 0 Å². The minimum Gasteiger partial charge on any atom is -0.0825 e. The first-order chi connectivity index (χ1) is 8.66. The molecule has 8 heteroatoms. The normalized spacial score (nSPS) is 34.1. The van der Waals surface area contributed by atoms with Gasteiger partial charge in [-0.05, 0) is 31.9 Å². The average molecular weight is 775 g/mol. The number of alkyl halides is 3. The summed E-state index contributed by atoms with van der Waals surface area (Å²) in [7, 11) is 0. The van der Waals surface area contributed by atoms with Crippen molar-refractivity contribution in [2.45, 2.75) is 13.5 Å². The van der Waals surface area contributed by atoms with Gasteiger partial charge in [-0.25, -0.2) is 0 Å². The van der Waals surface area contributed by atoms with E-state index in [-0.39, 0.29) is 9.15 Å². The van der Waals surface area contributed by atoms with Gasteiger partial charge in [0.1, 0.15) is 4.32 Å². The number of hydrogen-bond donors (Lipinski definition) is 0. The quantitative estimate of drug-likeness (QED) is 0.238. The lowest BCUT2D eigenvalue weighted by Gasteiger charge is -2.43. The molecule has 2 atom stereocenters. The summed E-state index contributed by atoms with van der Waals surface area (Å²) < 4.78 is 4.22. The first-order valence-electron chi connectivity index (χ1n) is 4.86. The summed E-state index contributed by atoms with van der Waals surface area (Å²) in [5.41, 5.74) is 0. The van der Waals surface area contributed by atoms with E-state index in [1.807, 2.05) is 6.08 Å². The molecule has 2 aliphatic carbocycles. The molecule has 0 radical (unpaired) electrons. The van der Waals surface area contributed by atoms with Gasteiger partial charge in [0, 0.05) is 22.4 Å². The number of allylic oxidation sites excluding steroid dienone is 8. The van der Waals surface area contributed by atoms with Crippen LogP contribution in [0.15, 0.2) is 40.6 Å². The van der Waals surface area contributed by atoms with Gasteiger partial charge in [0.25, 0.3) is 0 Å². The first-order valence-corrected chi connectivity index (χ1v) is 11.3. The molecular weight excluding hydrogens is 771 g/mol. The van der Waals surface area contributed by atoms with Crippen LogP contribution in [0.3, 0.4) is 0 Å². The largest absolute Gasteiger partial charge is 0.111 e. The van der Waals surface area contributed by atoms with Gasteiger partial charge in [-0.3, -0.25) is 0 Å². The zero-order valence-electron chi connectivity index (χ0n) is 8.83. The Hall–Kier alpha value is 2.80. The van der Waals surface area contributed by atoms with Crippen LogP contribution in [0.1, 0.15) is 0 Å². The van der Waals surface area contributed by atoms with Gasteiger partial charge in [-0.15, -0.1) is 0 Å². The van der Waals surface area contributed by atoms with Crippen LogP contribution in [0.25, 0.3) is 0 Å². The molecule has 104 valence electrons. The van der Waals surface area contributed by atoms with Gasteiger partial charge in [-0.2, -0.15) is 0 Å². The fraction of sp³-hybridized carbons (Fsp3) is 0.273. The molecule has 0 bridgehead atoms. The SMILES string of the molecule is BrC1=CC(Br)C(Br)(C2(Br)C(Br)=C(Br)C(Br)=C2Br)C=C1. The lowest BCUT2D eigenvalue weighted by Crippen LogP contribution is -2.49. The molecule has 0 aromatic carbocycles. The van der Waals surface area contributed by atoms with Crippen LogP contribution < -0.4 is 0 Å². The molecule has 0 saturated carbocycles. The number of halogens is 8. The van der Waals surface area contributed by atoms with Crippen LogP contribution in [0.4, 0.5) is 0 Å². The van der Waals surface area contributed by atoms with Gasteiger partial charge in [0.05, 0.1) is 9.15 Å². The molecule has 0 N–H and O–H groups in total. The van der Waals surface area contributed by atoms with Crippen LogP contribution in [-0.2, 0) is 0 Å². The average Bonchev–Trinajstić information content (AvgIpc) is 2.51. The van der Waals surface area contributed by atoms with Crippen molar-refractivity contribution in [1.82, 2.24) is 0 Å². The molecule has 0 fully saturated rings. The van der Waals surface area contributed by atoms with Gasteiger partial charge in [0.2, 0.25) is 0 Å². The van der Waals surface area contributed by atoms with Crippen molar-refractivity contribution in [2.24, 2.45) is 0 Å². The Labute approximate surface area is 179 Å². The van der Waals surface area contributed by atoms with Crippen LogP contribution in [-0.4, -0.2) is 13.5 Å².